The molecule has 26 heavy (non-hydrogen) atoms. The molecule has 1 fully saturated rings. The lowest BCUT2D eigenvalue weighted by atomic mass is 10.1. The molecule has 0 unspecified atom stereocenters. The minimum Gasteiger partial charge on any atom is -0.328 e. The molecule has 0 atom stereocenters. The van der Waals surface area contributed by atoms with Crippen molar-refractivity contribution in [3.05, 3.63) is 77.9 Å². The molecule has 0 aromatic heterocycles. The highest BCUT2D eigenvalue weighted by atomic mass is 16.2. The standard InChI is InChI=1S/C22H20N2O2/c1-16-7-2-3-9-18(16)15-23-13-14-24(22(26)21(23)25)20-12-6-10-17-8-4-5-11-19(17)20/h2-12H,13-15H2,1H3. The summed E-state index contributed by atoms with van der Waals surface area (Å²) in [4.78, 5) is 28.7. The van der Waals surface area contributed by atoms with Crippen LogP contribution >= 0.6 is 0 Å². The van der Waals surface area contributed by atoms with E-state index >= 15 is 0 Å². The summed E-state index contributed by atoms with van der Waals surface area (Å²) >= 11 is 0. The summed E-state index contributed by atoms with van der Waals surface area (Å²) in [5.74, 6) is -0.895. The Balaban J connectivity index is 1.60. The van der Waals surface area contributed by atoms with Crippen LogP contribution in [0.3, 0.4) is 0 Å². The Labute approximate surface area is 152 Å². The van der Waals surface area contributed by atoms with Gasteiger partial charge in [-0.05, 0) is 29.5 Å². The third kappa shape index (κ3) is 2.84. The highest BCUT2D eigenvalue weighted by molar-refractivity contribution is 6.41. The van der Waals surface area contributed by atoms with Crippen LogP contribution in [-0.4, -0.2) is 29.8 Å². The monoisotopic (exact) mass is 344 g/mol. The van der Waals surface area contributed by atoms with E-state index in [-0.39, 0.29) is 0 Å². The number of nitrogens with zero attached hydrogens (tertiary/aromatic N) is 2. The average molecular weight is 344 g/mol. The van der Waals surface area contributed by atoms with Gasteiger partial charge in [-0.2, -0.15) is 0 Å². The number of piperazine rings is 1. The van der Waals surface area contributed by atoms with E-state index < -0.39 is 11.8 Å². The number of benzene rings is 3. The second-order valence-electron chi connectivity index (χ2n) is 6.61. The zero-order chi connectivity index (χ0) is 18.1. The molecule has 0 N–H and O–H groups in total. The van der Waals surface area contributed by atoms with Crippen molar-refractivity contribution in [2.24, 2.45) is 0 Å². The van der Waals surface area contributed by atoms with E-state index in [1.165, 1.54) is 0 Å². The molecule has 0 spiro atoms. The Hall–Kier alpha value is -3.14. The molecular weight excluding hydrogens is 324 g/mol. The molecule has 0 bridgehead atoms. The van der Waals surface area contributed by atoms with Gasteiger partial charge in [-0.1, -0.05) is 60.7 Å². The Morgan fingerprint density at radius 2 is 1.54 bits per heavy atom. The van der Waals surface area contributed by atoms with Crippen molar-refractivity contribution in [2.45, 2.75) is 13.5 Å². The number of carbonyl (C=O) groups is 2. The molecule has 0 saturated carbocycles. The summed E-state index contributed by atoms with van der Waals surface area (Å²) in [6, 6.07) is 21.7. The van der Waals surface area contributed by atoms with Crippen LogP contribution < -0.4 is 4.90 Å². The third-order valence-electron chi connectivity index (χ3n) is 4.99. The number of aryl methyl sites for hydroxylation is 1. The predicted octanol–water partition coefficient (Wildman–Crippen LogP) is 3.52. The van der Waals surface area contributed by atoms with E-state index in [4.69, 9.17) is 0 Å². The lowest BCUT2D eigenvalue weighted by molar-refractivity contribution is -0.146. The Kier molecular flexibility index (Phi) is 4.17. The van der Waals surface area contributed by atoms with Gasteiger partial charge in [0.25, 0.3) is 0 Å². The molecule has 3 aromatic carbocycles. The number of fused-ring (bicyclic) bond motifs is 1. The molecule has 1 aliphatic heterocycles. The molecule has 1 aliphatic rings. The second kappa shape index (κ2) is 6.64. The second-order valence-corrected chi connectivity index (χ2v) is 6.61. The first-order valence-electron chi connectivity index (χ1n) is 8.78. The van der Waals surface area contributed by atoms with Crippen LogP contribution in [0.2, 0.25) is 0 Å². The fraction of sp³-hybridized carbons (Fsp3) is 0.182. The molecular formula is C22H20N2O2. The number of hydrogen-bond donors (Lipinski definition) is 0. The number of carbonyl (C=O) groups excluding carboxylic acids is 2. The predicted molar refractivity (Wildman–Crippen MR) is 103 cm³/mol. The van der Waals surface area contributed by atoms with E-state index in [1.54, 1.807) is 9.80 Å². The van der Waals surface area contributed by atoms with Gasteiger partial charge in [-0.25, -0.2) is 0 Å². The van der Waals surface area contributed by atoms with Crippen molar-refractivity contribution in [3.63, 3.8) is 0 Å². The maximum atomic E-state index is 12.8. The third-order valence-corrected chi connectivity index (χ3v) is 4.99. The largest absolute Gasteiger partial charge is 0.328 e. The van der Waals surface area contributed by atoms with Crippen molar-refractivity contribution in [2.75, 3.05) is 18.0 Å². The summed E-state index contributed by atoms with van der Waals surface area (Å²) < 4.78 is 0. The topological polar surface area (TPSA) is 40.6 Å². The van der Waals surface area contributed by atoms with Crippen LogP contribution in [-0.2, 0) is 16.1 Å². The molecule has 4 nitrogen and oxygen atoms in total. The Bertz CT molecular complexity index is 991. The number of anilines is 1. The molecule has 1 saturated heterocycles. The Morgan fingerprint density at radius 3 is 2.38 bits per heavy atom. The highest BCUT2D eigenvalue weighted by Gasteiger charge is 2.34. The van der Waals surface area contributed by atoms with Crippen LogP contribution in [0.15, 0.2) is 66.7 Å². The number of hydrogen-bond acceptors (Lipinski definition) is 2. The smallest absolute Gasteiger partial charge is 0.316 e. The van der Waals surface area contributed by atoms with Crippen LogP contribution in [0.4, 0.5) is 5.69 Å². The van der Waals surface area contributed by atoms with Gasteiger partial charge in [0.2, 0.25) is 0 Å². The minimum absolute atomic E-state index is 0.438. The zero-order valence-corrected chi connectivity index (χ0v) is 14.7. The summed E-state index contributed by atoms with van der Waals surface area (Å²) in [6.45, 7) is 3.53. The van der Waals surface area contributed by atoms with Gasteiger partial charge in [0.05, 0.1) is 5.69 Å². The van der Waals surface area contributed by atoms with Crippen molar-refractivity contribution >= 4 is 28.3 Å². The minimum atomic E-state index is -0.457. The summed E-state index contributed by atoms with van der Waals surface area (Å²) in [6.07, 6.45) is 0. The molecule has 1 heterocycles. The van der Waals surface area contributed by atoms with Crippen molar-refractivity contribution in [3.8, 4) is 0 Å². The SMILES string of the molecule is Cc1ccccc1CN1CCN(c2cccc3ccccc23)C(=O)C1=O. The molecule has 2 amide bonds. The van der Waals surface area contributed by atoms with E-state index in [2.05, 4.69) is 0 Å². The van der Waals surface area contributed by atoms with Crippen molar-refractivity contribution < 1.29 is 9.59 Å². The van der Waals surface area contributed by atoms with Crippen LogP contribution in [0, 0.1) is 6.92 Å². The molecule has 3 aromatic rings. The van der Waals surface area contributed by atoms with Gasteiger partial charge in [0.1, 0.15) is 0 Å². The first-order valence-corrected chi connectivity index (χ1v) is 8.78. The first kappa shape index (κ1) is 16.3. The van der Waals surface area contributed by atoms with Crippen molar-refractivity contribution in [1.29, 1.82) is 0 Å². The van der Waals surface area contributed by atoms with Gasteiger partial charge in [0, 0.05) is 25.0 Å². The fourth-order valence-electron chi connectivity index (χ4n) is 3.49. The van der Waals surface area contributed by atoms with E-state index in [9.17, 15) is 9.59 Å². The normalized spacial score (nSPS) is 15.0. The van der Waals surface area contributed by atoms with E-state index in [0.29, 0.717) is 19.6 Å². The van der Waals surface area contributed by atoms with Gasteiger partial charge < -0.3 is 9.80 Å². The van der Waals surface area contributed by atoms with E-state index in [1.807, 2.05) is 73.7 Å². The maximum absolute atomic E-state index is 12.8. The summed E-state index contributed by atoms with van der Waals surface area (Å²) in [5, 5.41) is 2.05. The summed E-state index contributed by atoms with van der Waals surface area (Å²) in [5.41, 5.74) is 3.01. The van der Waals surface area contributed by atoms with Gasteiger partial charge in [-0.3, -0.25) is 9.59 Å². The van der Waals surface area contributed by atoms with Gasteiger partial charge in [0.15, 0.2) is 0 Å². The molecule has 4 rings (SSSR count). The van der Waals surface area contributed by atoms with Gasteiger partial charge in [-0.15, -0.1) is 0 Å². The lowest BCUT2D eigenvalue weighted by Gasteiger charge is -2.34. The van der Waals surface area contributed by atoms with Gasteiger partial charge >= 0.3 is 11.8 Å². The first-order chi connectivity index (χ1) is 12.6. The maximum Gasteiger partial charge on any atom is 0.316 e. The quantitative estimate of drug-likeness (QED) is 0.682. The Morgan fingerprint density at radius 1 is 0.808 bits per heavy atom. The lowest BCUT2D eigenvalue weighted by Crippen LogP contribution is -2.54. The van der Waals surface area contributed by atoms with E-state index in [0.717, 1.165) is 27.6 Å². The van der Waals surface area contributed by atoms with Crippen LogP contribution in [0.25, 0.3) is 10.8 Å². The molecule has 130 valence electrons. The number of rotatable bonds is 3. The van der Waals surface area contributed by atoms with Crippen molar-refractivity contribution in [1.82, 2.24) is 4.90 Å². The van der Waals surface area contributed by atoms with Crippen LogP contribution in [0.5, 0.6) is 0 Å². The average Bonchev–Trinajstić information content (AvgIpc) is 2.67. The highest BCUT2D eigenvalue weighted by Crippen LogP contribution is 2.28. The molecule has 0 radical (unpaired) electrons. The van der Waals surface area contributed by atoms with Crippen LogP contribution in [0.1, 0.15) is 11.1 Å². The summed E-state index contributed by atoms with van der Waals surface area (Å²) in [7, 11) is 0. The zero-order valence-electron chi connectivity index (χ0n) is 14.7. The molecule has 0 aliphatic carbocycles. The fourth-order valence-corrected chi connectivity index (χ4v) is 3.49. The number of amides is 2. The molecule has 4 heteroatoms.